The molecule has 2 aromatic carbocycles. The SMILES string of the molecule is CC(C)N=C(N)c1ccc(-c2cn(-c3cc(C(N)=NC(C)C)ccc3O)nn2)cc1. The first-order valence-electron chi connectivity index (χ1n) is 9.78. The highest BCUT2D eigenvalue weighted by molar-refractivity contribution is 5.98. The average molecular weight is 406 g/mol. The first-order chi connectivity index (χ1) is 14.2. The van der Waals surface area contributed by atoms with Gasteiger partial charge in [-0.1, -0.05) is 29.5 Å². The summed E-state index contributed by atoms with van der Waals surface area (Å²) >= 11 is 0. The molecule has 0 amide bonds. The second kappa shape index (κ2) is 8.77. The van der Waals surface area contributed by atoms with Gasteiger partial charge in [0.25, 0.3) is 0 Å². The Kier molecular flexibility index (Phi) is 6.15. The number of hydrogen-bond acceptors (Lipinski definition) is 5. The summed E-state index contributed by atoms with van der Waals surface area (Å²) in [4.78, 5) is 8.71. The van der Waals surface area contributed by atoms with Crippen LogP contribution in [0.4, 0.5) is 0 Å². The molecule has 1 heterocycles. The Morgan fingerprint density at radius 2 is 1.47 bits per heavy atom. The van der Waals surface area contributed by atoms with Crippen molar-refractivity contribution < 1.29 is 5.11 Å². The van der Waals surface area contributed by atoms with Crippen LogP contribution >= 0.6 is 0 Å². The van der Waals surface area contributed by atoms with Crippen LogP contribution in [0.15, 0.2) is 58.6 Å². The van der Waals surface area contributed by atoms with Gasteiger partial charge in [-0.05, 0) is 45.9 Å². The van der Waals surface area contributed by atoms with Gasteiger partial charge in [0.2, 0.25) is 0 Å². The van der Waals surface area contributed by atoms with Gasteiger partial charge in [-0.2, -0.15) is 0 Å². The number of aromatic hydroxyl groups is 1. The molecule has 0 aliphatic carbocycles. The van der Waals surface area contributed by atoms with Crippen molar-refractivity contribution in [2.24, 2.45) is 21.5 Å². The summed E-state index contributed by atoms with van der Waals surface area (Å²) in [6, 6.07) is 12.9. The Bertz CT molecular complexity index is 1080. The highest BCUT2D eigenvalue weighted by Gasteiger charge is 2.12. The minimum Gasteiger partial charge on any atom is -0.506 e. The van der Waals surface area contributed by atoms with Crippen molar-refractivity contribution in [3.05, 3.63) is 59.8 Å². The molecule has 0 atom stereocenters. The summed E-state index contributed by atoms with van der Waals surface area (Å²) in [7, 11) is 0. The topological polar surface area (TPSA) is 128 Å². The van der Waals surface area contributed by atoms with Gasteiger partial charge in [0, 0.05) is 28.8 Å². The quantitative estimate of drug-likeness (QED) is 0.429. The third-order valence-electron chi connectivity index (χ3n) is 4.28. The molecule has 3 rings (SSSR count). The Morgan fingerprint density at radius 1 is 0.900 bits per heavy atom. The van der Waals surface area contributed by atoms with Gasteiger partial charge in [0.15, 0.2) is 0 Å². The van der Waals surface area contributed by atoms with E-state index in [1.807, 2.05) is 52.0 Å². The number of rotatable bonds is 6. The molecule has 156 valence electrons. The van der Waals surface area contributed by atoms with Crippen molar-refractivity contribution in [3.63, 3.8) is 0 Å². The van der Waals surface area contributed by atoms with Gasteiger partial charge in [-0.25, -0.2) is 4.68 Å². The number of hydrogen-bond donors (Lipinski definition) is 3. The number of nitrogens with two attached hydrogens (primary N) is 2. The number of aliphatic imine (C=N–C) groups is 2. The third-order valence-corrected chi connectivity index (χ3v) is 4.28. The number of phenolic OH excluding ortho intramolecular Hbond substituents is 1. The Labute approximate surface area is 176 Å². The van der Waals surface area contributed by atoms with Gasteiger partial charge < -0.3 is 16.6 Å². The molecule has 3 aromatic rings. The third kappa shape index (κ3) is 4.83. The monoisotopic (exact) mass is 405 g/mol. The Morgan fingerprint density at radius 3 is 2.07 bits per heavy atom. The lowest BCUT2D eigenvalue weighted by molar-refractivity contribution is 0.469. The van der Waals surface area contributed by atoms with E-state index in [1.54, 1.807) is 24.4 Å². The predicted octanol–water partition coefficient (Wildman–Crippen LogP) is 2.87. The van der Waals surface area contributed by atoms with Crippen LogP contribution in [0.5, 0.6) is 5.75 Å². The van der Waals surface area contributed by atoms with E-state index in [0.717, 1.165) is 11.1 Å². The zero-order valence-electron chi connectivity index (χ0n) is 17.6. The van der Waals surface area contributed by atoms with E-state index >= 15 is 0 Å². The fourth-order valence-electron chi connectivity index (χ4n) is 2.90. The predicted molar refractivity (Wildman–Crippen MR) is 120 cm³/mol. The molecular weight excluding hydrogens is 378 g/mol. The molecule has 0 saturated heterocycles. The summed E-state index contributed by atoms with van der Waals surface area (Å²) < 4.78 is 1.51. The molecule has 0 aliphatic heterocycles. The fourth-order valence-corrected chi connectivity index (χ4v) is 2.90. The standard InChI is InChI=1S/C22H27N7O/c1-13(2)25-21(23)16-7-5-15(6-8-16)18-12-29(28-27-18)19-11-17(9-10-20(19)30)22(24)26-14(3)4/h5-14,30H,1-4H3,(H2,23,25)(H2,24,26). The molecular formula is C22H27N7O. The van der Waals surface area contributed by atoms with Crippen molar-refractivity contribution >= 4 is 11.7 Å². The lowest BCUT2D eigenvalue weighted by Gasteiger charge is -2.08. The molecule has 0 unspecified atom stereocenters. The Balaban J connectivity index is 1.90. The molecule has 0 radical (unpaired) electrons. The highest BCUT2D eigenvalue weighted by atomic mass is 16.3. The number of benzene rings is 2. The molecule has 0 aliphatic rings. The van der Waals surface area contributed by atoms with Gasteiger partial charge in [0.1, 0.15) is 28.8 Å². The maximum Gasteiger partial charge on any atom is 0.141 e. The van der Waals surface area contributed by atoms with Crippen LogP contribution in [0.2, 0.25) is 0 Å². The van der Waals surface area contributed by atoms with E-state index in [4.69, 9.17) is 11.5 Å². The van der Waals surface area contributed by atoms with Crippen molar-refractivity contribution in [2.75, 3.05) is 0 Å². The smallest absolute Gasteiger partial charge is 0.141 e. The number of amidine groups is 2. The first kappa shape index (κ1) is 21.0. The van der Waals surface area contributed by atoms with Crippen molar-refractivity contribution in [1.29, 1.82) is 0 Å². The summed E-state index contributed by atoms with van der Waals surface area (Å²) in [5, 5.41) is 18.7. The normalized spacial score (nSPS) is 12.7. The van der Waals surface area contributed by atoms with Crippen LogP contribution in [0.25, 0.3) is 16.9 Å². The minimum atomic E-state index is 0.0700. The fraction of sp³-hybridized carbons (Fsp3) is 0.273. The molecule has 0 bridgehead atoms. The molecule has 8 nitrogen and oxygen atoms in total. The van der Waals surface area contributed by atoms with E-state index in [1.165, 1.54) is 4.68 Å². The zero-order chi connectivity index (χ0) is 21.8. The zero-order valence-corrected chi connectivity index (χ0v) is 17.6. The molecule has 0 spiro atoms. The van der Waals surface area contributed by atoms with E-state index in [0.29, 0.717) is 28.6 Å². The second-order valence-corrected chi connectivity index (χ2v) is 7.55. The van der Waals surface area contributed by atoms with Crippen LogP contribution in [0.1, 0.15) is 38.8 Å². The average Bonchev–Trinajstić information content (AvgIpc) is 3.17. The minimum absolute atomic E-state index is 0.0700. The van der Waals surface area contributed by atoms with E-state index in [-0.39, 0.29) is 17.8 Å². The van der Waals surface area contributed by atoms with Crippen LogP contribution < -0.4 is 11.5 Å². The lowest BCUT2D eigenvalue weighted by Crippen LogP contribution is -2.16. The molecule has 8 heteroatoms. The van der Waals surface area contributed by atoms with Crippen LogP contribution in [0.3, 0.4) is 0 Å². The Hall–Kier alpha value is -3.68. The molecule has 30 heavy (non-hydrogen) atoms. The summed E-state index contributed by atoms with van der Waals surface area (Å²) in [6.07, 6.45) is 1.75. The van der Waals surface area contributed by atoms with E-state index in [2.05, 4.69) is 20.3 Å². The van der Waals surface area contributed by atoms with Crippen LogP contribution in [-0.2, 0) is 0 Å². The molecule has 0 fully saturated rings. The van der Waals surface area contributed by atoms with Crippen LogP contribution in [0, 0.1) is 0 Å². The number of phenols is 1. The van der Waals surface area contributed by atoms with E-state index < -0.39 is 0 Å². The maximum atomic E-state index is 10.3. The molecule has 1 aromatic heterocycles. The largest absolute Gasteiger partial charge is 0.506 e. The van der Waals surface area contributed by atoms with Crippen molar-refractivity contribution in [3.8, 4) is 22.7 Å². The molecule has 0 saturated carbocycles. The summed E-state index contributed by atoms with van der Waals surface area (Å²) in [5.41, 5.74) is 15.6. The second-order valence-electron chi connectivity index (χ2n) is 7.55. The lowest BCUT2D eigenvalue weighted by atomic mass is 10.1. The van der Waals surface area contributed by atoms with Crippen molar-refractivity contribution in [1.82, 2.24) is 15.0 Å². The number of nitrogens with zero attached hydrogens (tertiary/aromatic N) is 5. The number of aromatic nitrogens is 3. The first-order valence-corrected chi connectivity index (χ1v) is 9.78. The summed E-state index contributed by atoms with van der Waals surface area (Å²) in [6.45, 7) is 7.86. The van der Waals surface area contributed by atoms with Gasteiger partial charge in [-0.3, -0.25) is 9.98 Å². The summed E-state index contributed by atoms with van der Waals surface area (Å²) in [5.74, 6) is 0.978. The van der Waals surface area contributed by atoms with Crippen molar-refractivity contribution in [2.45, 2.75) is 39.8 Å². The highest BCUT2D eigenvalue weighted by Crippen LogP contribution is 2.25. The maximum absolute atomic E-state index is 10.3. The van der Waals surface area contributed by atoms with Gasteiger partial charge in [-0.15, -0.1) is 5.10 Å². The van der Waals surface area contributed by atoms with Crippen LogP contribution in [-0.4, -0.2) is 43.9 Å². The molecule has 5 N–H and O–H groups in total. The van der Waals surface area contributed by atoms with Gasteiger partial charge >= 0.3 is 0 Å². The van der Waals surface area contributed by atoms with Gasteiger partial charge in [0.05, 0.1) is 6.20 Å². The van der Waals surface area contributed by atoms with E-state index in [9.17, 15) is 5.11 Å².